The van der Waals surface area contributed by atoms with Gasteiger partial charge in [0, 0.05) is 6.61 Å². The zero-order chi connectivity index (χ0) is 9.07. The number of rotatable bonds is 9. The third kappa shape index (κ3) is 10.4. The summed E-state index contributed by atoms with van der Waals surface area (Å²) in [5, 5.41) is 8.55. The molecule has 2 heteroatoms. The fourth-order valence-electron chi connectivity index (χ4n) is 1.23. The van der Waals surface area contributed by atoms with Gasteiger partial charge in [0.15, 0.2) is 0 Å². The van der Waals surface area contributed by atoms with Crippen LogP contribution in [0.3, 0.4) is 0 Å². The second-order valence-electron chi connectivity index (χ2n) is 3.24. The Labute approximate surface area is 78.7 Å². The zero-order valence-corrected chi connectivity index (χ0v) is 9.31. The maximum Gasteiger partial charge on any atom is 0.0467 e. The second-order valence-corrected chi connectivity index (χ2v) is 4.74. The quantitative estimate of drug-likeness (QED) is 0.437. The Bertz CT molecular complexity index is 66.2. The van der Waals surface area contributed by atoms with E-state index >= 15 is 0 Å². The molecule has 0 aromatic carbocycles. The van der Waals surface area contributed by atoms with Crippen LogP contribution in [0, 0.1) is 0 Å². The van der Waals surface area contributed by atoms with Crippen LogP contribution in [0.2, 0.25) is 0 Å². The minimum Gasteiger partial charge on any atom is -0.396 e. The van der Waals surface area contributed by atoms with Crippen molar-refractivity contribution in [3.8, 4) is 0 Å². The van der Waals surface area contributed by atoms with Crippen molar-refractivity contribution in [2.24, 2.45) is 0 Å². The highest BCUT2D eigenvalue weighted by atomic mass is 31.1. The molecule has 12 heavy (non-hydrogen) atoms. The Morgan fingerprint density at radius 1 is 0.917 bits per heavy atom. The molecule has 0 aliphatic heterocycles. The van der Waals surface area contributed by atoms with Crippen molar-refractivity contribution in [1.82, 2.24) is 0 Å². The number of hydrogen-bond donors (Lipinski definition) is 1. The summed E-state index contributed by atoms with van der Waals surface area (Å²) >= 11 is 0. The van der Waals surface area contributed by atoms with E-state index in [1.165, 1.54) is 44.7 Å². The Balaban J connectivity index is 2.73. The normalized spacial score (nSPS) is 11.5. The third-order valence-electron chi connectivity index (χ3n) is 2.00. The summed E-state index contributed by atoms with van der Waals surface area (Å²) in [6.07, 6.45) is 10.7. The van der Waals surface area contributed by atoms with Crippen LogP contribution in [0.15, 0.2) is 0 Å². The maximum atomic E-state index is 8.55. The molecule has 0 amide bonds. The smallest absolute Gasteiger partial charge is 0.0467 e. The summed E-state index contributed by atoms with van der Waals surface area (Å²) in [5.41, 5.74) is 0. The van der Waals surface area contributed by atoms with Crippen molar-refractivity contribution in [2.45, 2.75) is 45.4 Å². The predicted octanol–water partition coefficient (Wildman–Crippen LogP) is 3.02. The van der Waals surface area contributed by atoms with E-state index in [9.17, 15) is 0 Å². The lowest BCUT2D eigenvalue weighted by atomic mass is 10.1. The number of aliphatic hydroxyl groups is 1. The van der Waals surface area contributed by atoms with Crippen LogP contribution >= 0.6 is 8.58 Å². The van der Waals surface area contributed by atoms with E-state index < -0.39 is 0 Å². The minimum atomic E-state index is 0.383. The summed E-state index contributed by atoms with van der Waals surface area (Å²) in [7, 11) is 0.994. The van der Waals surface area contributed by atoms with Gasteiger partial charge in [0.05, 0.1) is 0 Å². The van der Waals surface area contributed by atoms with Gasteiger partial charge in [-0.2, -0.15) is 0 Å². The van der Waals surface area contributed by atoms with Crippen molar-refractivity contribution in [3.05, 3.63) is 0 Å². The topological polar surface area (TPSA) is 20.2 Å². The van der Waals surface area contributed by atoms with Crippen molar-refractivity contribution in [3.63, 3.8) is 0 Å². The molecule has 74 valence electrons. The van der Waals surface area contributed by atoms with E-state index in [1.54, 1.807) is 0 Å². The first-order valence-electron chi connectivity index (χ1n) is 5.23. The Morgan fingerprint density at radius 2 is 1.58 bits per heavy atom. The summed E-state index contributed by atoms with van der Waals surface area (Å²) in [4.78, 5) is 0. The van der Waals surface area contributed by atoms with Crippen LogP contribution in [0.5, 0.6) is 0 Å². The molecule has 0 spiro atoms. The maximum absolute atomic E-state index is 8.55. The van der Waals surface area contributed by atoms with E-state index in [0.29, 0.717) is 6.61 Å². The van der Waals surface area contributed by atoms with Crippen molar-refractivity contribution in [1.29, 1.82) is 0 Å². The average molecular weight is 190 g/mol. The molecule has 0 saturated heterocycles. The molecule has 1 nitrogen and oxygen atoms in total. The summed E-state index contributed by atoms with van der Waals surface area (Å²) < 4.78 is 0. The molecule has 0 aliphatic rings. The second kappa shape index (κ2) is 11.4. The van der Waals surface area contributed by atoms with Crippen molar-refractivity contribution < 1.29 is 5.11 Å². The fourth-order valence-corrected chi connectivity index (χ4v) is 2.14. The SMILES string of the molecule is CCCCCCCCPCCO. The Morgan fingerprint density at radius 3 is 2.25 bits per heavy atom. The number of aliphatic hydroxyl groups excluding tert-OH is 1. The van der Waals surface area contributed by atoms with Gasteiger partial charge < -0.3 is 5.11 Å². The van der Waals surface area contributed by atoms with Crippen LogP contribution in [0.1, 0.15) is 45.4 Å². The molecule has 0 aromatic heterocycles. The van der Waals surface area contributed by atoms with Gasteiger partial charge in [-0.3, -0.25) is 0 Å². The van der Waals surface area contributed by atoms with Crippen LogP contribution in [0.4, 0.5) is 0 Å². The van der Waals surface area contributed by atoms with Gasteiger partial charge in [-0.05, 0) is 18.7 Å². The van der Waals surface area contributed by atoms with Crippen LogP contribution in [0.25, 0.3) is 0 Å². The molecule has 1 atom stereocenters. The van der Waals surface area contributed by atoms with Crippen molar-refractivity contribution >= 4 is 8.58 Å². The summed E-state index contributed by atoms with van der Waals surface area (Å²) in [5.74, 6) is 0. The first kappa shape index (κ1) is 12.4. The van der Waals surface area contributed by atoms with Gasteiger partial charge in [0.25, 0.3) is 0 Å². The van der Waals surface area contributed by atoms with Crippen LogP contribution < -0.4 is 0 Å². The molecular weight excluding hydrogens is 167 g/mol. The minimum absolute atomic E-state index is 0.383. The number of hydrogen-bond acceptors (Lipinski definition) is 1. The predicted molar refractivity (Wildman–Crippen MR) is 58.5 cm³/mol. The highest BCUT2D eigenvalue weighted by Crippen LogP contribution is 2.13. The van der Waals surface area contributed by atoms with Gasteiger partial charge >= 0.3 is 0 Å². The molecule has 0 aromatic rings. The largest absolute Gasteiger partial charge is 0.396 e. The van der Waals surface area contributed by atoms with E-state index in [4.69, 9.17) is 5.11 Å². The summed E-state index contributed by atoms with van der Waals surface area (Å²) in [6, 6.07) is 0. The summed E-state index contributed by atoms with van der Waals surface area (Å²) in [6.45, 7) is 2.64. The van der Waals surface area contributed by atoms with Gasteiger partial charge in [-0.1, -0.05) is 39.0 Å². The van der Waals surface area contributed by atoms with Crippen molar-refractivity contribution in [2.75, 3.05) is 18.9 Å². The van der Waals surface area contributed by atoms with E-state index in [1.807, 2.05) is 0 Å². The molecule has 0 radical (unpaired) electrons. The highest BCUT2D eigenvalue weighted by Gasteiger charge is 1.90. The monoisotopic (exact) mass is 190 g/mol. The molecule has 1 unspecified atom stereocenters. The molecule has 0 aliphatic carbocycles. The first-order chi connectivity index (χ1) is 5.91. The standard InChI is InChI=1S/C10H23OP/c1-2-3-4-5-6-7-9-12-10-8-11/h11-12H,2-10H2,1H3. The fraction of sp³-hybridized carbons (Fsp3) is 1.00. The molecule has 0 saturated carbocycles. The molecule has 0 rings (SSSR count). The lowest BCUT2D eigenvalue weighted by Crippen LogP contribution is -1.86. The van der Waals surface area contributed by atoms with Gasteiger partial charge in [-0.15, -0.1) is 8.58 Å². The molecule has 0 heterocycles. The van der Waals surface area contributed by atoms with Crippen LogP contribution in [-0.4, -0.2) is 24.0 Å². The Hall–Kier alpha value is 0.390. The van der Waals surface area contributed by atoms with E-state index in [-0.39, 0.29) is 0 Å². The lowest BCUT2D eigenvalue weighted by Gasteiger charge is -2.00. The van der Waals surface area contributed by atoms with E-state index in [0.717, 1.165) is 14.7 Å². The molecular formula is C10H23OP. The molecule has 0 bridgehead atoms. The third-order valence-corrected chi connectivity index (χ3v) is 3.28. The molecule has 1 N–H and O–H groups in total. The average Bonchev–Trinajstić information content (AvgIpc) is 2.10. The first-order valence-corrected chi connectivity index (χ1v) is 6.64. The van der Waals surface area contributed by atoms with Gasteiger partial charge in [0.2, 0.25) is 0 Å². The van der Waals surface area contributed by atoms with Gasteiger partial charge in [-0.25, -0.2) is 0 Å². The molecule has 0 fully saturated rings. The number of unbranched alkanes of at least 4 members (excludes halogenated alkanes) is 5. The Kier molecular flexibility index (Phi) is 11.8. The zero-order valence-electron chi connectivity index (χ0n) is 8.31. The van der Waals surface area contributed by atoms with Gasteiger partial charge in [0.1, 0.15) is 0 Å². The highest BCUT2D eigenvalue weighted by molar-refractivity contribution is 7.37. The lowest BCUT2D eigenvalue weighted by molar-refractivity contribution is 0.322. The van der Waals surface area contributed by atoms with Crippen LogP contribution in [-0.2, 0) is 0 Å². The van der Waals surface area contributed by atoms with E-state index in [2.05, 4.69) is 6.92 Å².